The second-order valence-electron chi connectivity index (χ2n) is 5.77. The van der Waals surface area contributed by atoms with Crippen molar-refractivity contribution in [3.05, 3.63) is 35.4 Å². The van der Waals surface area contributed by atoms with Crippen LogP contribution in [0.4, 0.5) is 8.78 Å². The molecule has 0 spiro atoms. The van der Waals surface area contributed by atoms with Crippen LogP contribution in [0.25, 0.3) is 0 Å². The molecule has 2 rings (SSSR count). The first-order chi connectivity index (χ1) is 10.2. The van der Waals surface area contributed by atoms with Gasteiger partial charge in [-0.3, -0.25) is 0 Å². The van der Waals surface area contributed by atoms with Crippen molar-refractivity contribution in [1.82, 2.24) is 5.32 Å². The van der Waals surface area contributed by atoms with Crippen molar-refractivity contribution in [2.24, 2.45) is 0 Å². The number of nitrogens with one attached hydrogen (secondary N) is 1. The van der Waals surface area contributed by atoms with Crippen LogP contribution in [-0.2, 0) is 0 Å². The van der Waals surface area contributed by atoms with Crippen LogP contribution < -0.4 is 5.32 Å². The molecule has 1 unspecified atom stereocenters. The lowest BCUT2D eigenvalue weighted by Gasteiger charge is -2.25. The van der Waals surface area contributed by atoms with E-state index in [-0.39, 0.29) is 6.04 Å². The normalized spacial score (nSPS) is 17.9. The number of benzene rings is 1. The average Bonchev–Trinajstić information content (AvgIpc) is 2.51. The third-order valence-electron chi connectivity index (χ3n) is 4.04. The van der Waals surface area contributed by atoms with E-state index in [0.29, 0.717) is 0 Å². The Hall–Kier alpha value is -0.610. The third kappa shape index (κ3) is 5.26. The molecular weight excluding hydrogens is 288 g/mol. The molecule has 1 aromatic carbocycles. The molecule has 1 N–H and O–H groups in total. The zero-order chi connectivity index (χ0) is 15.1. The molecule has 118 valence electrons. The Balaban J connectivity index is 1.97. The van der Waals surface area contributed by atoms with E-state index in [1.165, 1.54) is 44.2 Å². The van der Waals surface area contributed by atoms with Gasteiger partial charge in [0.2, 0.25) is 0 Å². The average molecular weight is 313 g/mol. The molecule has 0 amide bonds. The molecule has 4 heteroatoms. The van der Waals surface area contributed by atoms with Crippen molar-refractivity contribution in [2.45, 2.75) is 56.7 Å². The van der Waals surface area contributed by atoms with Gasteiger partial charge in [0.15, 0.2) is 11.6 Å². The summed E-state index contributed by atoms with van der Waals surface area (Å²) in [7, 11) is 0. The van der Waals surface area contributed by atoms with Crippen LogP contribution in [0.2, 0.25) is 0 Å². The first-order valence-electron chi connectivity index (χ1n) is 8.00. The lowest BCUT2D eigenvalue weighted by atomic mass is 10.0. The molecule has 21 heavy (non-hydrogen) atoms. The van der Waals surface area contributed by atoms with Crippen molar-refractivity contribution < 1.29 is 8.78 Å². The van der Waals surface area contributed by atoms with Gasteiger partial charge in [-0.05, 0) is 43.5 Å². The highest BCUT2D eigenvalue weighted by molar-refractivity contribution is 7.99. The van der Waals surface area contributed by atoms with Crippen LogP contribution in [0.15, 0.2) is 18.2 Å². The fourth-order valence-electron chi connectivity index (χ4n) is 2.78. The quantitative estimate of drug-likeness (QED) is 0.754. The zero-order valence-corrected chi connectivity index (χ0v) is 13.5. The van der Waals surface area contributed by atoms with Gasteiger partial charge in [-0.25, -0.2) is 8.78 Å². The Morgan fingerprint density at radius 3 is 2.62 bits per heavy atom. The molecule has 1 saturated carbocycles. The Kier molecular flexibility index (Phi) is 6.97. The molecule has 0 radical (unpaired) electrons. The Morgan fingerprint density at radius 1 is 1.19 bits per heavy atom. The minimum absolute atomic E-state index is 0.104. The van der Waals surface area contributed by atoms with Gasteiger partial charge in [-0.15, -0.1) is 0 Å². The van der Waals surface area contributed by atoms with E-state index >= 15 is 0 Å². The standard InChI is InChI=1S/C17H25F2NS/c1-2-10-20-17(12-21-14-6-4-3-5-7-14)13-8-9-15(18)16(19)11-13/h8-9,11,14,17,20H,2-7,10,12H2,1H3. The highest BCUT2D eigenvalue weighted by atomic mass is 32.2. The molecule has 1 aromatic rings. The van der Waals surface area contributed by atoms with Crippen molar-refractivity contribution in [3.63, 3.8) is 0 Å². The molecule has 1 aliphatic carbocycles. The van der Waals surface area contributed by atoms with Gasteiger partial charge in [-0.1, -0.05) is 32.3 Å². The van der Waals surface area contributed by atoms with Gasteiger partial charge >= 0.3 is 0 Å². The summed E-state index contributed by atoms with van der Waals surface area (Å²) in [6, 6.07) is 4.38. The molecular formula is C17H25F2NS. The van der Waals surface area contributed by atoms with Crippen molar-refractivity contribution >= 4 is 11.8 Å². The molecule has 0 aliphatic heterocycles. The van der Waals surface area contributed by atoms with Gasteiger partial charge in [0.05, 0.1) is 0 Å². The molecule has 1 atom stereocenters. The summed E-state index contributed by atoms with van der Waals surface area (Å²) in [6.07, 6.45) is 7.64. The van der Waals surface area contributed by atoms with E-state index in [2.05, 4.69) is 12.2 Å². The van der Waals surface area contributed by atoms with Crippen LogP contribution in [0.1, 0.15) is 57.1 Å². The van der Waals surface area contributed by atoms with E-state index < -0.39 is 11.6 Å². The van der Waals surface area contributed by atoms with Crippen molar-refractivity contribution in [1.29, 1.82) is 0 Å². The first-order valence-corrected chi connectivity index (χ1v) is 9.05. The lowest BCUT2D eigenvalue weighted by Crippen LogP contribution is -2.25. The summed E-state index contributed by atoms with van der Waals surface area (Å²) in [5, 5.41) is 4.19. The Labute approximate surface area is 130 Å². The van der Waals surface area contributed by atoms with Gasteiger partial charge in [0.25, 0.3) is 0 Å². The molecule has 0 saturated heterocycles. The number of hydrogen-bond donors (Lipinski definition) is 1. The summed E-state index contributed by atoms with van der Waals surface area (Å²) >= 11 is 1.98. The fourth-order valence-corrected chi connectivity index (χ4v) is 4.23. The van der Waals surface area contributed by atoms with Crippen LogP contribution in [0.5, 0.6) is 0 Å². The summed E-state index contributed by atoms with van der Waals surface area (Å²) in [5.41, 5.74) is 0.852. The monoisotopic (exact) mass is 313 g/mol. The van der Waals surface area contributed by atoms with E-state index in [4.69, 9.17) is 0 Å². The second-order valence-corrected chi connectivity index (χ2v) is 7.11. The Bertz CT molecular complexity index is 433. The lowest BCUT2D eigenvalue weighted by molar-refractivity contribution is 0.500. The summed E-state index contributed by atoms with van der Waals surface area (Å²) < 4.78 is 26.5. The third-order valence-corrected chi connectivity index (χ3v) is 5.51. The molecule has 0 bridgehead atoms. The zero-order valence-electron chi connectivity index (χ0n) is 12.7. The molecule has 1 aliphatic rings. The molecule has 0 aromatic heterocycles. The number of thioether (sulfide) groups is 1. The smallest absolute Gasteiger partial charge is 0.159 e. The SMILES string of the molecule is CCCNC(CSC1CCCCC1)c1ccc(F)c(F)c1. The van der Waals surface area contributed by atoms with Gasteiger partial charge < -0.3 is 5.32 Å². The van der Waals surface area contributed by atoms with Crippen LogP contribution in [0.3, 0.4) is 0 Å². The van der Waals surface area contributed by atoms with Gasteiger partial charge in [-0.2, -0.15) is 11.8 Å². The van der Waals surface area contributed by atoms with Gasteiger partial charge in [0, 0.05) is 17.0 Å². The van der Waals surface area contributed by atoms with Gasteiger partial charge in [0.1, 0.15) is 0 Å². The highest BCUT2D eigenvalue weighted by Crippen LogP contribution is 2.31. The predicted octanol–water partition coefficient (Wildman–Crippen LogP) is 5.07. The predicted molar refractivity (Wildman–Crippen MR) is 86.7 cm³/mol. The van der Waals surface area contributed by atoms with Crippen LogP contribution in [-0.4, -0.2) is 17.5 Å². The maximum absolute atomic E-state index is 13.4. The van der Waals surface area contributed by atoms with Crippen molar-refractivity contribution in [3.8, 4) is 0 Å². The first kappa shape index (κ1) is 16.8. The molecule has 0 heterocycles. The summed E-state index contributed by atoms with van der Waals surface area (Å²) in [4.78, 5) is 0. The summed E-state index contributed by atoms with van der Waals surface area (Å²) in [5.74, 6) is -0.596. The highest BCUT2D eigenvalue weighted by Gasteiger charge is 2.18. The van der Waals surface area contributed by atoms with E-state index in [0.717, 1.165) is 29.5 Å². The van der Waals surface area contributed by atoms with E-state index in [9.17, 15) is 8.78 Å². The number of rotatable bonds is 7. The molecule has 1 fully saturated rings. The summed E-state index contributed by atoms with van der Waals surface area (Å²) in [6.45, 7) is 3.01. The van der Waals surface area contributed by atoms with Crippen LogP contribution in [0, 0.1) is 11.6 Å². The van der Waals surface area contributed by atoms with Crippen molar-refractivity contribution in [2.75, 3.05) is 12.3 Å². The number of hydrogen-bond acceptors (Lipinski definition) is 2. The maximum Gasteiger partial charge on any atom is 0.159 e. The number of halogens is 2. The topological polar surface area (TPSA) is 12.0 Å². The molecule has 1 nitrogen and oxygen atoms in total. The maximum atomic E-state index is 13.4. The second kappa shape index (κ2) is 8.74. The van der Waals surface area contributed by atoms with E-state index in [1.807, 2.05) is 11.8 Å². The fraction of sp³-hybridized carbons (Fsp3) is 0.647. The Morgan fingerprint density at radius 2 is 1.95 bits per heavy atom. The largest absolute Gasteiger partial charge is 0.309 e. The minimum atomic E-state index is -0.770. The minimum Gasteiger partial charge on any atom is -0.309 e. The van der Waals surface area contributed by atoms with E-state index in [1.54, 1.807) is 6.07 Å². The van der Waals surface area contributed by atoms with Crippen LogP contribution >= 0.6 is 11.8 Å².